The molecule has 102 valence electrons. The lowest BCUT2D eigenvalue weighted by Gasteiger charge is -2.32. The highest BCUT2D eigenvalue weighted by Gasteiger charge is 2.20. The molecule has 0 aromatic carbocycles. The van der Waals surface area contributed by atoms with Gasteiger partial charge in [0.15, 0.2) is 0 Å². The zero-order chi connectivity index (χ0) is 12.7. The van der Waals surface area contributed by atoms with Gasteiger partial charge in [-0.25, -0.2) is 0 Å². The van der Waals surface area contributed by atoms with Gasteiger partial charge in [-0.05, 0) is 58.7 Å². The standard InChI is InChI=1S/C14H30N2O/c1-5-16(10-8-14(2,3)17-4)12-13-7-6-9-15-11-13/h13,15H,5-12H2,1-4H3. The topological polar surface area (TPSA) is 24.5 Å². The first-order valence-corrected chi connectivity index (χ1v) is 7.05. The molecule has 0 saturated carbocycles. The van der Waals surface area contributed by atoms with Crippen LogP contribution in [-0.2, 0) is 4.74 Å². The average Bonchev–Trinajstić information content (AvgIpc) is 2.35. The number of nitrogens with one attached hydrogen (secondary N) is 1. The minimum atomic E-state index is 0.0121. The van der Waals surface area contributed by atoms with E-state index in [9.17, 15) is 0 Å². The van der Waals surface area contributed by atoms with Crippen LogP contribution in [0.5, 0.6) is 0 Å². The third-order valence-corrected chi connectivity index (χ3v) is 3.95. The highest BCUT2D eigenvalue weighted by molar-refractivity contribution is 4.75. The van der Waals surface area contributed by atoms with Gasteiger partial charge in [0.05, 0.1) is 5.60 Å². The molecule has 0 aliphatic carbocycles. The van der Waals surface area contributed by atoms with Crippen molar-refractivity contribution in [2.24, 2.45) is 5.92 Å². The Kier molecular flexibility index (Phi) is 6.45. The smallest absolute Gasteiger partial charge is 0.0634 e. The summed E-state index contributed by atoms with van der Waals surface area (Å²) in [4.78, 5) is 2.57. The maximum absolute atomic E-state index is 5.48. The van der Waals surface area contributed by atoms with Crippen LogP contribution < -0.4 is 5.32 Å². The summed E-state index contributed by atoms with van der Waals surface area (Å²) >= 11 is 0. The lowest BCUT2D eigenvalue weighted by molar-refractivity contribution is 0.00648. The van der Waals surface area contributed by atoms with E-state index in [1.807, 2.05) is 0 Å². The van der Waals surface area contributed by atoms with Gasteiger partial charge in [0.2, 0.25) is 0 Å². The Balaban J connectivity index is 2.27. The molecule has 0 aromatic rings. The number of nitrogens with zero attached hydrogens (tertiary/aromatic N) is 1. The largest absolute Gasteiger partial charge is 0.379 e. The number of methoxy groups -OCH3 is 1. The van der Waals surface area contributed by atoms with E-state index in [4.69, 9.17) is 4.74 Å². The predicted molar refractivity (Wildman–Crippen MR) is 73.4 cm³/mol. The fraction of sp³-hybridized carbons (Fsp3) is 1.00. The summed E-state index contributed by atoms with van der Waals surface area (Å²) in [6.07, 6.45) is 3.83. The maximum Gasteiger partial charge on any atom is 0.0634 e. The Hall–Kier alpha value is -0.120. The van der Waals surface area contributed by atoms with Crippen molar-refractivity contribution in [3.63, 3.8) is 0 Å². The molecule has 0 spiro atoms. The summed E-state index contributed by atoms with van der Waals surface area (Å²) in [5.41, 5.74) is 0.0121. The predicted octanol–water partition coefficient (Wildman–Crippen LogP) is 2.12. The molecule has 1 rings (SSSR count). The lowest BCUT2D eigenvalue weighted by atomic mass is 9.98. The van der Waals surface area contributed by atoms with Crippen molar-refractivity contribution >= 4 is 0 Å². The monoisotopic (exact) mass is 242 g/mol. The van der Waals surface area contributed by atoms with E-state index in [0.717, 1.165) is 25.4 Å². The van der Waals surface area contributed by atoms with E-state index in [0.29, 0.717) is 0 Å². The normalized spacial score (nSPS) is 22.1. The molecule has 0 amide bonds. The van der Waals surface area contributed by atoms with Crippen molar-refractivity contribution in [1.29, 1.82) is 0 Å². The maximum atomic E-state index is 5.48. The van der Waals surface area contributed by atoms with Crippen LogP contribution in [0.3, 0.4) is 0 Å². The number of hydrogen-bond acceptors (Lipinski definition) is 3. The van der Waals surface area contributed by atoms with E-state index < -0.39 is 0 Å². The SMILES string of the molecule is CCN(CCC(C)(C)OC)CC1CCCNC1. The Bertz CT molecular complexity index is 200. The van der Waals surface area contributed by atoms with Crippen LogP contribution in [0.25, 0.3) is 0 Å². The molecule has 1 fully saturated rings. The number of hydrogen-bond donors (Lipinski definition) is 1. The fourth-order valence-electron chi connectivity index (χ4n) is 2.35. The molecule has 1 aliphatic rings. The van der Waals surface area contributed by atoms with Gasteiger partial charge in [-0.15, -0.1) is 0 Å². The van der Waals surface area contributed by atoms with Gasteiger partial charge in [-0.1, -0.05) is 6.92 Å². The Morgan fingerprint density at radius 1 is 1.41 bits per heavy atom. The molecule has 1 saturated heterocycles. The van der Waals surface area contributed by atoms with Crippen LogP contribution in [0.4, 0.5) is 0 Å². The van der Waals surface area contributed by atoms with Gasteiger partial charge < -0.3 is 15.0 Å². The van der Waals surface area contributed by atoms with Crippen LogP contribution in [0.1, 0.15) is 40.0 Å². The third kappa shape index (κ3) is 5.84. The lowest BCUT2D eigenvalue weighted by Crippen LogP contribution is -2.40. The number of rotatable bonds is 7. The van der Waals surface area contributed by atoms with Crippen LogP contribution in [0, 0.1) is 5.92 Å². The average molecular weight is 242 g/mol. The summed E-state index contributed by atoms with van der Waals surface area (Å²) in [7, 11) is 1.81. The summed E-state index contributed by atoms with van der Waals surface area (Å²) < 4.78 is 5.48. The minimum Gasteiger partial charge on any atom is -0.379 e. The van der Waals surface area contributed by atoms with Crippen molar-refractivity contribution in [3.8, 4) is 0 Å². The van der Waals surface area contributed by atoms with Gasteiger partial charge in [0.25, 0.3) is 0 Å². The quantitative estimate of drug-likeness (QED) is 0.740. The second-order valence-electron chi connectivity index (χ2n) is 5.82. The molecule has 1 heterocycles. The number of piperidine rings is 1. The van der Waals surface area contributed by atoms with Crippen molar-refractivity contribution in [3.05, 3.63) is 0 Å². The first kappa shape index (κ1) is 14.9. The molecule has 0 aromatic heterocycles. The van der Waals surface area contributed by atoms with Crippen molar-refractivity contribution in [2.75, 3.05) is 39.8 Å². The van der Waals surface area contributed by atoms with Crippen molar-refractivity contribution in [1.82, 2.24) is 10.2 Å². The van der Waals surface area contributed by atoms with E-state index in [-0.39, 0.29) is 5.60 Å². The summed E-state index contributed by atoms with van der Waals surface area (Å²) in [6.45, 7) is 12.5. The molecular weight excluding hydrogens is 212 g/mol. The zero-order valence-electron chi connectivity index (χ0n) is 12.1. The fourth-order valence-corrected chi connectivity index (χ4v) is 2.35. The molecule has 0 bridgehead atoms. The van der Waals surface area contributed by atoms with Gasteiger partial charge in [0.1, 0.15) is 0 Å². The molecular formula is C14H30N2O. The van der Waals surface area contributed by atoms with Crippen molar-refractivity contribution < 1.29 is 4.74 Å². The zero-order valence-corrected chi connectivity index (χ0v) is 12.1. The summed E-state index contributed by atoms with van der Waals surface area (Å²) in [5, 5.41) is 3.50. The molecule has 3 heteroatoms. The molecule has 1 atom stereocenters. The highest BCUT2D eigenvalue weighted by atomic mass is 16.5. The summed E-state index contributed by atoms with van der Waals surface area (Å²) in [6, 6.07) is 0. The first-order valence-electron chi connectivity index (χ1n) is 7.05. The van der Waals surface area contributed by atoms with Crippen molar-refractivity contribution in [2.45, 2.75) is 45.6 Å². The molecule has 1 aliphatic heterocycles. The third-order valence-electron chi connectivity index (χ3n) is 3.95. The molecule has 3 nitrogen and oxygen atoms in total. The van der Waals surface area contributed by atoms with E-state index in [2.05, 4.69) is 31.0 Å². The van der Waals surface area contributed by atoms with E-state index >= 15 is 0 Å². The Morgan fingerprint density at radius 3 is 2.71 bits per heavy atom. The second-order valence-corrected chi connectivity index (χ2v) is 5.82. The van der Waals surface area contributed by atoms with Gasteiger partial charge >= 0.3 is 0 Å². The van der Waals surface area contributed by atoms with Crippen LogP contribution >= 0.6 is 0 Å². The van der Waals surface area contributed by atoms with Gasteiger partial charge in [-0.3, -0.25) is 0 Å². The molecule has 1 unspecified atom stereocenters. The Labute approximate surface area is 107 Å². The number of ether oxygens (including phenoxy) is 1. The van der Waals surface area contributed by atoms with Gasteiger partial charge in [0, 0.05) is 20.2 Å². The molecule has 0 radical (unpaired) electrons. The summed E-state index contributed by atoms with van der Waals surface area (Å²) in [5.74, 6) is 0.842. The Morgan fingerprint density at radius 2 is 2.18 bits per heavy atom. The van der Waals surface area contributed by atoms with E-state index in [1.165, 1.54) is 32.5 Å². The molecule has 1 N–H and O–H groups in total. The minimum absolute atomic E-state index is 0.0121. The van der Waals surface area contributed by atoms with E-state index in [1.54, 1.807) is 7.11 Å². The van der Waals surface area contributed by atoms with Crippen LogP contribution in [0.15, 0.2) is 0 Å². The highest BCUT2D eigenvalue weighted by Crippen LogP contribution is 2.16. The van der Waals surface area contributed by atoms with Gasteiger partial charge in [-0.2, -0.15) is 0 Å². The first-order chi connectivity index (χ1) is 8.07. The molecule has 17 heavy (non-hydrogen) atoms. The second kappa shape index (κ2) is 7.34. The van der Waals surface area contributed by atoms with Crippen LogP contribution in [0.2, 0.25) is 0 Å². The van der Waals surface area contributed by atoms with Crippen LogP contribution in [-0.4, -0.2) is 50.3 Å².